The lowest BCUT2D eigenvalue weighted by molar-refractivity contribution is -0.118. The van der Waals surface area contributed by atoms with Gasteiger partial charge in [0.2, 0.25) is 0 Å². The largest absolute Gasteiger partial charge is 0.484 e. The van der Waals surface area contributed by atoms with Crippen LogP contribution in [-0.4, -0.2) is 22.7 Å². The van der Waals surface area contributed by atoms with E-state index in [1.807, 2.05) is 58.0 Å². The Kier molecular flexibility index (Phi) is 5.54. The summed E-state index contributed by atoms with van der Waals surface area (Å²) in [4.78, 5) is 16.5. The molecule has 1 amide bonds. The van der Waals surface area contributed by atoms with Crippen molar-refractivity contribution in [1.82, 2.24) is 10.1 Å². The Morgan fingerprint density at radius 2 is 1.96 bits per heavy atom. The van der Waals surface area contributed by atoms with Gasteiger partial charge in [-0.25, -0.2) is 0 Å². The smallest absolute Gasteiger partial charge is 0.262 e. The number of rotatable bonds is 6. The van der Waals surface area contributed by atoms with E-state index in [0.29, 0.717) is 17.5 Å². The minimum absolute atomic E-state index is 0.0859. The first-order valence-electron chi connectivity index (χ1n) is 8.86. The van der Waals surface area contributed by atoms with E-state index in [2.05, 4.69) is 15.5 Å². The Balaban J connectivity index is 1.62. The highest BCUT2D eigenvalue weighted by atomic mass is 16.5. The van der Waals surface area contributed by atoms with Crippen LogP contribution in [0.15, 0.2) is 47.0 Å². The van der Waals surface area contributed by atoms with Crippen molar-refractivity contribution in [3.63, 3.8) is 0 Å². The zero-order valence-electron chi connectivity index (χ0n) is 15.9. The standard InChI is InChI=1S/C21H23N3O3/c1-13(2)20-23-21(27-24-20)16-6-5-7-18(11-16)26-12-19(25)22-17-9-8-14(3)15(4)10-17/h5-11,13H,12H2,1-4H3,(H,22,25). The van der Waals surface area contributed by atoms with Crippen LogP contribution in [0.3, 0.4) is 0 Å². The number of nitrogens with zero attached hydrogens (tertiary/aromatic N) is 2. The van der Waals surface area contributed by atoms with Crippen LogP contribution in [0.5, 0.6) is 5.75 Å². The number of carbonyl (C=O) groups is 1. The van der Waals surface area contributed by atoms with Crippen LogP contribution < -0.4 is 10.1 Å². The molecule has 6 heteroatoms. The van der Waals surface area contributed by atoms with Crippen molar-refractivity contribution in [1.29, 1.82) is 0 Å². The van der Waals surface area contributed by atoms with Crippen LogP contribution in [0.2, 0.25) is 0 Å². The number of hydrogen-bond acceptors (Lipinski definition) is 5. The van der Waals surface area contributed by atoms with Crippen LogP contribution in [0.1, 0.15) is 36.7 Å². The number of aryl methyl sites for hydroxylation is 2. The lowest BCUT2D eigenvalue weighted by atomic mass is 10.1. The zero-order chi connectivity index (χ0) is 19.4. The van der Waals surface area contributed by atoms with Crippen LogP contribution in [0, 0.1) is 13.8 Å². The van der Waals surface area contributed by atoms with E-state index in [1.54, 1.807) is 12.1 Å². The molecule has 0 spiro atoms. The van der Waals surface area contributed by atoms with Gasteiger partial charge in [0.15, 0.2) is 12.4 Å². The maximum absolute atomic E-state index is 12.1. The summed E-state index contributed by atoms with van der Waals surface area (Å²) in [5, 5.41) is 6.80. The van der Waals surface area contributed by atoms with Crippen LogP contribution in [-0.2, 0) is 4.79 Å². The summed E-state index contributed by atoms with van der Waals surface area (Å²) < 4.78 is 10.9. The summed E-state index contributed by atoms with van der Waals surface area (Å²) in [6.45, 7) is 7.96. The molecule has 0 aliphatic carbocycles. The Bertz CT molecular complexity index is 947. The van der Waals surface area contributed by atoms with Crippen molar-refractivity contribution in [2.75, 3.05) is 11.9 Å². The number of amides is 1. The molecule has 0 aliphatic heterocycles. The lowest BCUT2D eigenvalue weighted by Crippen LogP contribution is -2.20. The molecule has 0 aliphatic rings. The Labute approximate surface area is 158 Å². The first kappa shape index (κ1) is 18.6. The summed E-state index contributed by atoms with van der Waals surface area (Å²) in [6, 6.07) is 13.0. The summed E-state index contributed by atoms with van der Waals surface area (Å²) in [7, 11) is 0. The maximum atomic E-state index is 12.1. The van der Waals surface area contributed by atoms with Crippen molar-refractivity contribution in [2.24, 2.45) is 0 Å². The lowest BCUT2D eigenvalue weighted by Gasteiger charge is -2.09. The first-order valence-corrected chi connectivity index (χ1v) is 8.86. The van der Waals surface area contributed by atoms with E-state index in [0.717, 1.165) is 16.8 Å². The molecule has 0 saturated carbocycles. The van der Waals surface area contributed by atoms with E-state index >= 15 is 0 Å². The molecule has 140 valence electrons. The van der Waals surface area contributed by atoms with E-state index in [-0.39, 0.29) is 18.4 Å². The highest BCUT2D eigenvalue weighted by Gasteiger charge is 2.12. The van der Waals surface area contributed by atoms with Gasteiger partial charge in [0.25, 0.3) is 11.8 Å². The number of hydrogen-bond donors (Lipinski definition) is 1. The minimum atomic E-state index is -0.219. The van der Waals surface area contributed by atoms with Gasteiger partial charge in [-0.05, 0) is 55.3 Å². The minimum Gasteiger partial charge on any atom is -0.484 e. The van der Waals surface area contributed by atoms with Gasteiger partial charge in [0, 0.05) is 17.2 Å². The topological polar surface area (TPSA) is 77.2 Å². The second-order valence-electron chi connectivity index (χ2n) is 6.78. The van der Waals surface area contributed by atoms with Crippen molar-refractivity contribution in [3.05, 3.63) is 59.4 Å². The molecule has 0 bridgehead atoms. The average molecular weight is 365 g/mol. The van der Waals surface area contributed by atoms with Crippen LogP contribution in [0.4, 0.5) is 5.69 Å². The highest BCUT2D eigenvalue weighted by Crippen LogP contribution is 2.24. The van der Waals surface area contributed by atoms with Gasteiger partial charge in [-0.1, -0.05) is 31.1 Å². The predicted octanol–water partition coefficient (Wildman–Crippen LogP) is 4.49. The Morgan fingerprint density at radius 1 is 1.15 bits per heavy atom. The van der Waals surface area contributed by atoms with Gasteiger partial charge in [0.1, 0.15) is 5.75 Å². The molecule has 0 atom stereocenters. The maximum Gasteiger partial charge on any atom is 0.262 e. The fraction of sp³-hybridized carbons (Fsp3) is 0.286. The predicted molar refractivity (Wildman–Crippen MR) is 104 cm³/mol. The number of nitrogens with one attached hydrogen (secondary N) is 1. The molecular weight excluding hydrogens is 342 g/mol. The molecular formula is C21H23N3O3. The number of carbonyl (C=O) groups excluding carboxylic acids is 1. The molecule has 0 fully saturated rings. The van der Waals surface area contributed by atoms with E-state index < -0.39 is 0 Å². The molecule has 0 saturated heterocycles. The van der Waals surface area contributed by atoms with Gasteiger partial charge in [-0.15, -0.1) is 0 Å². The SMILES string of the molecule is Cc1ccc(NC(=O)COc2cccc(-c3nc(C(C)C)no3)c2)cc1C. The molecule has 0 unspecified atom stereocenters. The van der Waals surface area contributed by atoms with Gasteiger partial charge < -0.3 is 14.6 Å². The number of aromatic nitrogens is 2. The molecule has 2 aromatic carbocycles. The Hall–Kier alpha value is -3.15. The molecule has 27 heavy (non-hydrogen) atoms. The third-order valence-corrected chi connectivity index (χ3v) is 4.20. The van der Waals surface area contributed by atoms with E-state index in [9.17, 15) is 4.79 Å². The summed E-state index contributed by atoms with van der Waals surface area (Å²) in [6.07, 6.45) is 0. The third kappa shape index (κ3) is 4.73. The second-order valence-corrected chi connectivity index (χ2v) is 6.78. The van der Waals surface area contributed by atoms with E-state index in [1.165, 1.54) is 5.56 Å². The summed E-state index contributed by atoms with van der Waals surface area (Å²) in [5.74, 6) is 1.62. The average Bonchev–Trinajstić information content (AvgIpc) is 3.14. The monoisotopic (exact) mass is 365 g/mol. The van der Waals surface area contributed by atoms with E-state index in [4.69, 9.17) is 9.26 Å². The molecule has 6 nitrogen and oxygen atoms in total. The first-order chi connectivity index (χ1) is 12.9. The molecule has 1 N–H and O–H groups in total. The quantitative estimate of drug-likeness (QED) is 0.696. The number of ether oxygens (including phenoxy) is 1. The summed E-state index contributed by atoms with van der Waals surface area (Å²) in [5.41, 5.74) is 3.82. The fourth-order valence-corrected chi connectivity index (χ4v) is 2.47. The molecule has 1 heterocycles. The normalized spacial score (nSPS) is 10.9. The Morgan fingerprint density at radius 3 is 2.67 bits per heavy atom. The third-order valence-electron chi connectivity index (χ3n) is 4.20. The fourth-order valence-electron chi connectivity index (χ4n) is 2.47. The van der Waals surface area contributed by atoms with Crippen molar-refractivity contribution in [2.45, 2.75) is 33.6 Å². The van der Waals surface area contributed by atoms with Crippen molar-refractivity contribution >= 4 is 11.6 Å². The summed E-state index contributed by atoms with van der Waals surface area (Å²) >= 11 is 0. The van der Waals surface area contributed by atoms with Gasteiger partial charge >= 0.3 is 0 Å². The molecule has 0 radical (unpaired) electrons. The van der Waals surface area contributed by atoms with Crippen molar-refractivity contribution in [3.8, 4) is 17.2 Å². The molecule has 3 rings (SSSR count). The number of anilines is 1. The molecule has 3 aromatic rings. The molecule has 1 aromatic heterocycles. The van der Waals surface area contributed by atoms with Gasteiger partial charge in [-0.3, -0.25) is 4.79 Å². The highest BCUT2D eigenvalue weighted by molar-refractivity contribution is 5.92. The van der Waals surface area contributed by atoms with Crippen LogP contribution in [0.25, 0.3) is 11.5 Å². The van der Waals surface area contributed by atoms with Gasteiger partial charge in [0.05, 0.1) is 0 Å². The van der Waals surface area contributed by atoms with Gasteiger partial charge in [-0.2, -0.15) is 4.98 Å². The number of benzene rings is 2. The van der Waals surface area contributed by atoms with Crippen LogP contribution >= 0.6 is 0 Å². The van der Waals surface area contributed by atoms with Crippen molar-refractivity contribution < 1.29 is 14.1 Å². The second kappa shape index (κ2) is 8.03. The zero-order valence-corrected chi connectivity index (χ0v) is 15.9.